The molecule has 0 aliphatic carbocycles. The molecule has 1 fully saturated rings. The standard InChI is InChI=1S/C20H22N2O2S3/c1-4-21-14-10-7-8-12-16(14)26-17(21)13-9-11-15(24-6-3)18-19(23)22(5-2)20(25)27-18/h7-13H,4-6H2,1-3H3/b11-9+,17-13-,18-15+. The summed E-state index contributed by atoms with van der Waals surface area (Å²) < 4.78 is 6.32. The lowest BCUT2D eigenvalue weighted by atomic mass is 10.3. The molecule has 1 aromatic rings. The molecule has 4 nitrogen and oxygen atoms in total. The van der Waals surface area contributed by atoms with E-state index >= 15 is 0 Å². The summed E-state index contributed by atoms with van der Waals surface area (Å²) in [6.07, 6.45) is 5.87. The van der Waals surface area contributed by atoms with Crippen molar-refractivity contribution in [3.05, 3.63) is 58.2 Å². The molecule has 1 aromatic carbocycles. The molecule has 27 heavy (non-hydrogen) atoms. The Hall–Kier alpha value is -1.70. The van der Waals surface area contributed by atoms with Crippen molar-refractivity contribution in [1.29, 1.82) is 0 Å². The highest BCUT2D eigenvalue weighted by atomic mass is 32.2. The van der Waals surface area contributed by atoms with Crippen molar-refractivity contribution in [2.24, 2.45) is 0 Å². The first-order valence-corrected chi connectivity index (χ1v) is 11.0. The Morgan fingerprint density at radius 3 is 2.56 bits per heavy atom. The maximum absolute atomic E-state index is 12.5. The van der Waals surface area contributed by atoms with Crippen LogP contribution in [0, 0.1) is 0 Å². The number of thioether (sulfide) groups is 2. The van der Waals surface area contributed by atoms with E-state index in [1.807, 2.05) is 26.0 Å². The first-order valence-electron chi connectivity index (χ1n) is 8.94. The molecule has 0 aromatic heterocycles. The minimum atomic E-state index is -0.0777. The van der Waals surface area contributed by atoms with Crippen LogP contribution in [0.15, 0.2) is 63.1 Å². The highest BCUT2D eigenvalue weighted by molar-refractivity contribution is 8.26. The number of anilines is 1. The van der Waals surface area contributed by atoms with Gasteiger partial charge in [-0.15, -0.1) is 0 Å². The van der Waals surface area contributed by atoms with Gasteiger partial charge in [-0.1, -0.05) is 54.0 Å². The SMILES string of the molecule is CCOC(/C=C/C=C1\Sc2ccccc2N1CC)=C1/SC(=S)N(CC)C1=O. The first-order chi connectivity index (χ1) is 13.1. The number of rotatable bonds is 6. The quantitative estimate of drug-likeness (QED) is 0.361. The average Bonchev–Trinajstić information content (AvgIpc) is 3.17. The molecule has 3 rings (SSSR count). The van der Waals surface area contributed by atoms with Crippen LogP contribution < -0.4 is 4.90 Å². The van der Waals surface area contributed by atoms with Crippen LogP contribution in [0.4, 0.5) is 5.69 Å². The average molecular weight is 419 g/mol. The Labute approximate surface area is 174 Å². The number of fused-ring (bicyclic) bond motifs is 1. The largest absolute Gasteiger partial charge is 0.492 e. The number of thiocarbonyl (C=S) groups is 1. The molecule has 0 atom stereocenters. The van der Waals surface area contributed by atoms with Crippen LogP contribution in [-0.4, -0.2) is 34.8 Å². The van der Waals surface area contributed by atoms with Crippen molar-refractivity contribution in [2.45, 2.75) is 25.7 Å². The van der Waals surface area contributed by atoms with Crippen LogP contribution in [0.2, 0.25) is 0 Å². The van der Waals surface area contributed by atoms with Crippen LogP contribution in [0.3, 0.4) is 0 Å². The van der Waals surface area contributed by atoms with Crippen LogP contribution in [-0.2, 0) is 9.53 Å². The van der Waals surface area contributed by atoms with E-state index in [9.17, 15) is 4.79 Å². The molecule has 0 spiro atoms. The minimum absolute atomic E-state index is 0.0777. The fourth-order valence-corrected chi connectivity index (χ4v) is 5.41. The molecule has 7 heteroatoms. The molecule has 0 bridgehead atoms. The molecule has 1 amide bonds. The van der Waals surface area contributed by atoms with E-state index in [-0.39, 0.29) is 5.91 Å². The monoisotopic (exact) mass is 418 g/mol. The van der Waals surface area contributed by atoms with Crippen molar-refractivity contribution in [2.75, 3.05) is 24.6 Å². The number of hydrogen-bond donors (Lipinski definition) is 0. The zero-order valence-corrected chi connectivity index (χ0v) is 18.0. The van der Waals surface area contributed by atoms with Gasteiger partial charge in [0.1, 0.15) is 15.0 Å². The summed E-state index contributed by atoms with van der Waals surface area (Å²) in [5.41, 5.74) is 1.23. The van der Waals surface area contributed by atoms with Crippen molar-refractivity contribution >= 4 is 51.7 Å². The third-order valence-electron chi connectivity index (χ3n) is 4.13. The summed E-state index contributed by atoms with van der Waals surface area (Å²) in [7, 11) is 0. The summed E-state index contributed by atoms with van der Waals surface area (Å²) in [5.74, 6) is 0.497. The molecule has 2 heterocycles. The van der Waals surface area contributed by atoms with Crippen molar-refractivity contribution < 1.29 is 9.53 Å². The van der Waals surface area contributed by atoms with E-state index in [2.05, 4.69) is 42.2 Å². The number of para-hydroxylation sites is 1. The van der Waals surface area contributed by atoms with E-state index in [1.54, 1.807) is 16.7 Å². The first kappa shape index (κ1) is 20.0. The number of hydrogen-bond acceptors (Lipinski definition) is 6. The second-order valence-corrected chi connectivity index (χ2v) is 8.43. The number of likely N-dealkylation sites (N-methyl/N-ethyl adjacent to an activating group) is 1. The zero-order valence-electron chi connectivity index (χ0n) is 15.6. The van der Waals surface area contributed by atoms with Crippen molar-refractivity contribution in [1.82, 2.24) is 4.90 Å². The molecule has 142 valence electrons. The number of nitrogens with zero attached hydrogens (tertiary/aromatic N) is 2. The van der Waals surface area contributed by atoms with Gasteiger partial charge in [0.25, 0.3) is 5.91 Å². The lowest BCUT2D eigenvalue weighted by Gasteiger charge is -2.17. The molecule has 1 saturated heterocycles. The molecule has 2 aliphatic rings. The highest BCUT2D eigenvalue weighted by Crippen LogP contribution is 2.45. The van der Waals surface area contributed by atoms with Gasteiger partial charge in [-0.3, -0.25) is 9.69 Å². The maximum atomic E-state index is 12.5. The molecular weight excluding hydrogens is 396 g/mol. The number of carbonyl (C=O) groups is 1. The number of carbonyl (C=O) groups excluding carboxylic acids is 1. The Morgan fingerprint density at radius 1 is 1.15 bits per heavy atom. The lowest BCUT2D eigenvalue weighted by molar-refractivity contribution is -0.122. The third kappa shape index (κ3) is 4.10. The van der Waals surface area contributed by atoms with Gasteiger partial charge in [0.05, 0.1) is 17.3 Å². The van der Waals surface area contributed by atoms with Gasteiger partial charge in [0.2, 0.25) is 0 Å². The molecule has 2 aliphatic heterocycles. The van der Waals surface area contributed by atoms with Crippen LogP contribution in [0.5, 0.6) is 0 Å². The van der Waals surface area contributed by atoms with Gasteiger partial charge < -0.3 is 9.64 Å². The van der Waals surface area contributed by atoms with Crippen LogP contribution in [0.25, 0.3) is 0 Å². The van der Waals surface area contributed by atoms with E-state index in [0.717, 1.165) is 11.6 Å². The molecule has 0 radical (unpaired) electrons. The number of amides is 1. The summed E-state index contributed by atoms with van der Waals surface area (Å²) in [5, 5.41) is 1.16. The number of allylic oxidation sites excluding steroid dienone is 3. The van der Waals surface area contributed by atoms with E-state index in [0.29, 0.717) is 28.1 Å². The Bertz CT molecular complexity index is 845. The second kappa shape index (κ2) is 8.99. The van der Waals surface area contributed by atoms with Crippen LogP contribution in [0.1, 0.15) is 20.8 Å². The summed E-state index contributed by atoms with van der Waals surface area (Å²) in [6, 6.07) is 8.39. The van der Waals surface area contributed by atoms with Gasteiger partial charge in [0, 0.05) is 18.0 Å². The summed E-state index contributed by atoms with van der Waals surface area (Å²) in [6.45, 7) is 7.94. The van der Waals surface area contributed by atoms with Gasteiger partial charge in [0.15, 0.2) is 0 Å². The molecule has 0 saturated carbocycles. The second-order valence-electron chi connectivity index (χ2n) is 5.72. The smallest absolute Gasteiger partial charge is 0.269 e. The van der Waals surface area contributed by atoms with E-state index in [1.165, 1.54) is 22.3 Å². The van der Waals surface area contributed by atoms with Crippen molar-refractivity contribution in [3.63, 3.8) is 0 Å². The normalized spacial score (nSPS) is 20.2. The fourth-order valence-electron chi connectivity index (χ4n) is 2.89. The van der Waals surface area contributed by atoms with Gasteiger partial charge >= 0.3 is 0 Å². The molecular formula is C20H22N2O2S3. The van der Waals surface area contributed by atoms with Crippen LogP contribution >= 0.6 is 35.7 Å². The molecule has 0 unspecified atom stereocenters. The Kier molecular flexibility index (Phi) is 6.68. The zero-order chi connectivity index (χ0) is 19.4. The van der Waals surface area contributed by atoms with Gasteiger partial charge in [-0.05, 0) is 45.1 Å². The summed E-state index contributed by atoms with van der Waals surface area (Å²) >= 11 is 8.36. The maximum Gasteiger partial charge on any atom is 0.269 e. The number of ether oxygens (including phenoxy) is 1. The van der Waals surface area contributed by atoms with Crippen molar-refractivity contribution in [3.8, 4) is 0 Å². The summed E-state index contributed by atoms with van der Waals surface area (Å²) in [4.78, 5) is 18.2. The lowest BCUT2D eigenvalue weighted by Crippen LogP contribution is -2.27. The minimum Gasteiger partial charge on any atom is -0.492 e. The van der Waals surface area contributed by atoms with E-state index in [4.69, 9.17) is 17.0 Å². The number of benzene rings is 1. The third-order valence-corrected chi connectivity index (χ3v) is 6.70. The predicted octanol–water partition coefficient (Wildman–Crippen LogP) is 5.14. The van der Waals surface area contributed by atoms with Gasteiger partial charge in [-0.25, -0.2) is 0 Å². The fraction of sp³-hybridized carbons (Fsp3) is 0.300. The Balaban J connectivity index is 1.85. The molecule has 0 N–H and O–H groups in total. The topological polar surface area (TPSA) is 32.8 Å². The Morgan fingerprint density at radius 2 is 1.89 bits per heavy atom. The van der Waals surface area contributed by atoms with Gasteiger partial charge in [-0.2, -0.15) is 0 Å². The highest BCUT2D eigenvalue weighted by Gasteiger charge is 2.33. The predicted molar refractivity (Wildman–Crippen MR) is 119 cm³/mol. The van der Waals surface area contributed by atoms with E-state index < -0.39 is 0 Å².